The minimum absolute atomic E-state index is 0.0546. The Morgan fingerprint density at radius 3 is 2.42 bits per heavy atom. The van der Waals surface area contributed by atoms with Gasteiger partial charge in [-0.1, -0.05) is 63.1 Å². The Kier molecular flexibility index (Phi) is 7.06. The van der Waals surface area contributed by atoms with Gasteiger partial charge in [0, 0.05) is 11.6 Å². The van der Waals surface area contributed by atoms with Crippen LogP contribution in [0.2, 0.25) is 5.02 Å². The van der Waals surface area contributed by atoms with Crippen molar-refractivity contribution in [3.63, 3.8) is 0 Å². The molecule has 0 bridgehead atoms. The number of halogens is 1. The van der Waals surface area contributed by atoms with Crippen molar-refractivity contribution in [2.75, 3.05) is 13.7 Å². The van der Waals surface area contributed by atoms with E-state index >= 15 is 0 Å². The van der Waals surface area contributed by atoms with E-state index in [1.165, 1.54) is 13.2 Å². The zero-order valence-electron chi connectivity index (χ0n) is 18.3. The summed E-state index contributed by atoms with van der Waals surface area (Å²) < 4.78 is 5.36. The number of rotatable bonds is 7. The number of ether oxygens (including phenoxy) is 1. The zero-order valence-corrected chi connectivity index (χ0v) is 19.1. The van der Waals surface area contributed by atoms with Gasteiger partial charge in [-0.3, -0.25) is 9.59 Å². The minimum atomic E-state index is -0.700. The average molecular weight is 442 g/mol. The number of carbonyl (C=O) groups is 2. The molecule has 3 rings (SSSR count). The third-order valence-corrected chi connectivity index (χ3v) is 5.86. The van der Waals surface area contributed by atoms with E-state index in [9.17, 15) is 14.7 Å². The number of nitrogens with zero attached hydrogens (tertiary/aromatic N) is 1. The quantitative estimate of drug-likeness (QED) is 0.340. The van der Waals surface area contributed by atoms with E-state index in [-0.39, 0.29) is 16.9 Å². The van der Waals surface area contributed by atoms with Gasteiger partial charge in [0.05, 0.1) is 24.3 Å². The molecule has 2 aromatic carbocycles. The van der Waals surface area contributed by atoms with Crippen LogP contribution in [0.4, 0.5) is 0 Å². The summed E-state index contributed by atoms with van der Waals surface area (Å²) >= 11 is 6.14. The number of benzene rings is 2. The number of likely N-dealkylation sites (tertiary alicyclic amines) is 1. The van der Waals surface area contributed by atoms with Crippen molar-refractivity contribution in [2.24, 2.45) is 0 Å². The fourth-order valence-electron chi connectivity index (χ4n) is 3.86. The van der Waals surface area contributed by atoms with Gasteiger partial charge in [0.1, 0.15) is 11.5 Å². The highest BCUT2D eigenvalue weighted by Crippen LogP contribution is 2.41. The van der Waals surface area contributed by atoms with E-state index in [0.717, 1.165) is 24.0 Å². The number of Topliss-reactive ketones (excluding diaryl/α,β-unsaturated/α-hetero) is 1. The van der Waals surface area contributed by atoms with Gasteiger partial charge in [-0.25, -0.2) is 0 Å². The summed E-state index contributed by atoms with van der Waals surface area (Å²) in [5, 5.41) is 11.6. The van der Waals surface area contributed by atoms with Gasteiger partial charge in [0.25, 0.3) is 11.7 Å². The standard InChI is InChI=1S/C25H28ClNO4/c1-5-6-13-27-22(17-9-7-16(8-10-17)15(2)3)21(24(29)25(27)30)23(28)19-14-18(26)11-12-20(19)31-4/h7-12,14-15,22,28H,5-6,13H2,1-4H3/b23-21+. The van der Waals surface area contributed by atoms with E-state index in [4.69, 9.17) is 16.3 Å². The van der Waals surface area contributed by atoms with Crippen LogP contribution in [0.25, 0.3) is 5.76 Å². The highest BCUT2D eigenvalue weighted by atomic mass is 35.5. The predicted octanol–water partition coefficient (Wildman–Crippen LogP) is 5.69. The first-order valence-corrected chi connectivity index (χ1v) is 10.9. The van der Waals surface area contributed by atoms with E-state index in [0.29, 0.717) is 23.2 Å². The van der Waals surface area contributed by atoms with Crippen LogP contribution in [0.3, 0.4) is 0 Å². The lowest BCUT2D eigenvalue weighted by molar-refractivity contribution is -0.139. The number of aliphatic hydroxyl groups excluding tert-OH is 1. The van der Waals surface area contributed by atoms with Crippen molar-refractivity contribution in [1.82, 2.24) is 4.90 Å². The molecule has 1 saturated heterocycles. The molecule has 1 heterocycles. The van der Waals surface area contributed by atoms with Crippen molar-refractivity contribution >= 4 is 29.1 Å². The van der Waals surface area contributed by atoms with E-state index in [2.05, 4.69) is 13.8 Å². The normalized spacial score (nSPS) is 18.1. The van der Waals surface area contributed by atoms with Gasteiger partial charge in [-0.2, -0.15) is 0 Å². The fourth-order valence-corrected chi connectivity index (χ4v) is 4.03. The van der Waals surface area contributed by atoms with Gasteiger partial charge >= 0.3 is 0 Å². The molecule has 1 atom stereocenters. The topological polar surface area (TPSA) is 66.8 Å². The lowest BCUT2D eigenvalue weighted by atomic mass is 9.93. The minimum Gasteiger partial charge on any atom is -0.507 e. The van der Waals surface area contributed by atoms with Crippen LogP contribution in [0, 0.1) is 0 Å². The highest BCUT2D eigenvalue weighted by Gasteiger charge is 2.46. The molecular weight excluding hydrogens is 414 g/mol. The molecular formula is C25H28ClNO4. The van der Waals surface area contributed by atoms with Gasteiger partial charge in [-0.05, 0) is 41.7 Å². The summed E-state index contributed by atoms with van der Waals surface area (Å²) in [7, 11) is 1.47. The summed E-state index contributed by atoms with van der Waals surface area (Å²) in [5.74, 6) is -0.857. The molecule has 0 radical (unpaired) electrons. The molecule has 1 N–H and O–H groups in total. The molecule has 6 heteroatoms. The Morgan fingerprint density at radius 1 is 1.16 bits per heavy atom. The molecule has 0 aliphatic carbocycles. The molecule has 5 nitrogen and oxygen atoms in total. The van der Waals surface area contributed by atoms with Gasteiger partial charge in [0.15, 0.2) is 0 Å². The molecule has 1 aliphatic rings. The number of aliphatic hydroxyl groups is 1. The number of unbranched alkanes of at least 4 members (excludes halogenated alkanes) is 1. The monoisotopic (exact) mass is 441 g/mol. The maximum Gasteiger partial charge on any atom is 0.295 e. The summed E-state index contributed by atoms with van der Waals surface area (Å²) in [6.45, 7) is 6.67. The summed E-state index contributed by atoms with van der Waals surface area (Å²) in [4.78, 5) is 27.5. The third-order valence-electron chi connectivity index (χ3n) is 5.63. The molecule has 1 unspecified atom stereocenters. The smallest absolute Gasteiger partial charge is 0.295 e. The maximum atomic E-state index is 13.1. The molecule has 1 amide bonds. The molecule has 0 aromatic heterocycles. The van der Waals surface area contributed by atoms with E-state index in [1.54, 1.807) is 17.0 Å². The Morgan fingerprint density at radius 2 is 1.84 bits per heavy atom. The number of hydrogen-bond acceptors (Lipinski definition) is 4. The number of methoxy groups -OCH3 is 1. The second-order valence-corrected chi connectivity index (χ2v) is 8.45. The Hall–Kier alpha value is -2.79. The molecule has 164 valence electrons. The van der Waals surface area contributed by atoms with Crippen LogP contribution in [0.15, 0.2) is 48.0 Å². The van der Waals surface area contributed by atoms with Crippen LogP contribution in [0.5, 0.6) is 5.75 Å². The van der Waals surface area contributed by atoms with Crippen molar-refractivity contribution in [2.45, 2.75) is 45.6 Å². The first-order chi connectivity index (χ1) is 14.8. The number of ketones is 1. The zero-order chi connectivity index (χ0) is 22.7. The Labute approximate surface area is 188 Å². The Bertz CT molecular complexity index is 1010. The van der Waals surface area contributed by atoms with Crippen molar-refractivity contribution in [3.05, 3.63) is 69.8 Å². The first-order valence-electron chi connectivity index (χ1n) is 10.5. The molecule has 2 aromatic rings. The van der Waals surface area contributed by atoms with Crippen molar-refractivity contribution in [3.8, 4) is 5.75 Å². The van der Waals surface area contributed by atoms with Crippen LogP contribution in [-0.2, 0) is 9.59 Å². The summed E-state index contributed by atoms with van der Waals surface area (Å²) in [6, 6.07) is 12.0. The second-order valence-electron chi connectivity index (χ2n) is 8.01. The van der Waals surface area contributed by atoms with Crippen LogP contribution in [-0.4, -0.2) is 35.4 Å². The lowest BCUT2D eigenvalue weighted by Gasteiger charge is -2.25. The van der Waals surface area contributed by atoms with Crippen LogP contribution in [0.1, 0.15) is 62.3 Å². The predicted molar refractivity (Wildman–Crippen MR) is 122 cm³/mol. The average Bonchev–Trinajstić information content (AvgIpc) is 3.01. The van der Waals surface area contributed by atoms with Gasteiger partial charge in [0.2, 0.25) is 0 Å². The molecule has 1 fully saturated rings. The second kappa shape index (κ2) is 9.56. The van der Waals surface area contributed by atoms with Gasteiger partial charge < -0.3 is 14.7 Å². The lowest BCUT2D eigenvalue weighted by Crippen LogP contribution is -2.30. The fraction of sp³-hybridized carbons (Fsp3) is 0.360. The molecule has 1 aliphatic heterocycles. The third kappa shape index (κ3) is 4.47. The summed E-state index contributed by atoms with van der Waals surface area (Å²) in [6.07, 6.45) is 1.64. The van der Waals surface area contributed by atoms with Crippen molar-refractivity contribution < 1.29 is 19.4 Å². The van der Waals surface area contributed by atoms with Crippen molar-refractivity contribution in [1.29, 1.82) is 0 Å². The number of hydrogen-bond donors (Lipinski definition) is 1. The molecule has 31 heavy (non-hydrogen) atoms. The number of carbonyl (C=O) groups excluding carboxylic acids is 2. The van der Waals surface area contributed by atoms with E-state index < -0.39 is 17.7 Å². The highest BCUT2D eigenvalue weighted by molar-refractivity contribution is 6.46. The first kappa shape index (κ1) is 22.9. The molecule has 0 spiro atoms. The SMILES string of the molecule is CCCCN1C(=O)C(=O)/C(=C(/O)c2cc(Cl)ccc2OC)C1c1ccc(C(C)C)cc1. The summed E-state index contributed by atoms with van der Waals surface area (Å²) in [5.41, 5.74) is 2.28. The molecule has 0 saturated carbocycles. The largest absolute Gasteiger partial charge is 0.507 e. The van der Waals surface area contributed by atoms with Crippen LogP contribution < -0.4 is 4.74 Å². The number of amides is 1. The van der Waals surface area contributed by atoms with Crippen LogP contribution >= 0.6 is 11.6 Å². The van der Waals surface area contributed by atoms with E-state index in [1.807, 2.05) is 31.2 Å². The Balaban J connectivity index is 2.20. The van der Waals surface area contributed by atoms with Gasteiger partial charge in [-0.15, -0.1) is 0 Å². The maximum absolute atomic E-state index is 13.1.